The van der Waals surface area contributed by atoms with Gasteiger partial charge in [0.05, 0.1) is 0 Å². The van der Waals surface area contributed by atoms with Crippen LogP contribution in [0.1, 0.15) is 10.5 Å². The number of carboxylic acids is 1. The van der Waals surface area contributed by atoms with Crippen molar-refractivity contribution in [1.29, 1.82) is 0 Å². The molecule has 0 unspecified atom stereocenters. The Hall–Kier alpha value is -2.43. The lowest BCUT2D eigenvalue weighted by molar-refractivity contribution is -0.394. The highest BCUT2D eigenvalue weighted by molar-refractivity contribution is 9.10. The average Bonchev–Trinajstić information content (AvgIpc) is 2.71. The summed E-state index contributed by atoms with van der Waals surface area (Å²) in [5.74, 6) is -1.73. The Kier molecular flexibility index (Phi) is 2.97. The van der Waals surface area contributed by atoms with Gasteiger partial charge in [-0.15, -0.1) is 14.9 Å². The lowest BCUT2D eigenvalue weighted by atomic mass is 10.4. The number of nitro groups is 1. The molecule has 0 aliphatic rings. The first-order valence-electron chi connectivity index (χ1n) is 4.33. The van der Waals surface area contributed by atoms with Crippen LogP contribution in [0.3, 0.4) is 0 Å². The predicted molar refractivity (Wildman–Crippen MR) is 58.3 cm³/mol. The van der Waals surface area contributed by atoms with E-state index in [0.717, 1.165) is 4.68 Å². The van der Waals surface area contributed by atoms with Crippen LogP contribution in [0.25, 0.3) is 5.82 Å². The van der Waals surface area contributed by atoms with E-state index >= 15 is 0 Å². The Balaban J connectivity index is 2.42. The Morgan fingerprint density at radius 3 is 2.61 bits per heavy atom. The van der Waals surface area contributed by atoms with Gasteiger partial charge in [0, 0.05) is 21.0 Å². The molecule has 0 saturated heterocycles. The van der Waals surface area contributed by atoms with Crippen molar-refractivity contribution in [3.8, 4) is 5.82 Å². The van der Waals surface area contributed by atoms with E-state index in [4.69, 9.17) is 5.11 Å². The lowest BCUT2D eigenvalue weighted by Gasteiger charge is -1.95. The largest absolute Gasteiger partial charge is 0.492 e. The highest BCUT2D eigenvalue weighted by Gasteiger charge is 2.21. The van der Waals surface area contributed by atoms with Gasteiger partial charge in [-0.3, -0.25) is 0 Å². The third-order valence-electron chi connectivity index (χ3n) is 1.81. The van der Waals surface area contributed by atoms with E-state index in [2.05, 4.69) is 36.2 Å². The maximum atomic E-state index is 10.6. The van der Waals surface area contributed by atoms with Gasteiger partial charge in [0.25, 0.3) is 4.73 Å². The number of aromatic carboxylic acids is 1. The molecule has 11 heteroatoms. The van der Waals surface area contributed by atoms with E-state index in [1.165, 1.54) is 12.1 Å². The molecule has 0 spiro atoms. The summed E-state index contributed by atoms with van der Waals surface area (Å²) >= 11 is 2.97. The molecule has 0 bridgehead atoms. The molecule has 0 atom stereocenters. The van der Waals surface area contributed by atoms with Gasteiger partial charge >= 0.3 is 11.9 Å². The molecule has 2 aromatic rings. The minimum Gasteiger partial charge on any atom is -0.476 e. The number of carboxylic acid groups (broad SMARTS) is 1. The fraction of sp³-hybridized carbons (Fsp3) is 0. The zero-order chi connectivity index (χ0) is 13.3. The van der Waals surface area contributed by atoms with E-state index < -0.39 is 16.8 Å². The molecule has 1 N–H and O–H groups in total. The van der Waals surface area contributed by atoms with Crippen molar-refractivity contribution in [2.45, 2.75) is 0 Å². The van der Waals surface area contributed by atoms with Crippen molar-refractivity contribution in [2.24, 2.45) is 0 Å². The van der Waals surface area contributed by atoms with Gasteiger partial charge < -0.3 is 15.2 Å². The molecule has 0 aliphatic heterocycles. The highest BCUT2D eigenvalue weighted by Crippen LogP contribution is 2.15. The van der Waals surface area contributed by atoms with E-state index in [9.17, 15) is 14.9 Å². The molecule has 0 amide bonds. The van der Waals surface area contributed by atoms with Crippen LogP contribution in [-0.4, -0.2) is 41.0 Å². The van der Waals surface area contributed by atoms with E-state index in [0.29, 0.717) is 0 Å². The number of nitrogens with zero attached hydrogens (tertiary/aromatic N) is 6. The first-order valence-corrected chi connectivity index (χ1v) is 5.12. The maximum Gasteiger partial charge on any atom is 0.492 e. The minimum absolute atomic E-state index is 0.0616. The normalized spacial score (nSPS) is 10.3. The summed E-state index contributed by atoms with van der Waals surface area (Å²) in [4.78, 5) is 23.8. The predicted octanol–water partition coefficient (Wildman–Crippen LogP) is 0.426. The van der Waals surface area contributed by atoms with Crippen molar-refractivity contribution in [1.82, 2.24) is 25.0 Å². The van der Waals surface area contributed by atoms with Crippen LogP contribution in [0.4, 0.5) is 5.95 Å². The molecule has 2 heterocycles. The second kappa shape index (κ2) is 4.44. The Labute approximate surface area is 107 Å². The van der Waals surface area contributed by atoms with Crippen LogP contribution in [0.15, 0.2) is 16.9 Å². The van der Waals surface area contributed by atoms with Gasteiger partial charge in [-0.2, -0.15) is 0 Å². The topological polar surface area (TPSA) is 137 Å². The molecule has 0 aromatic carbocycles. The van der Waals surface area contributed by atoms with Crippen molar-refractivity contribution < 1.29 is 14.8 Å². The Bertz CT molecular complexity index is 623. The van der Waals surface area contributed by atoms with Gasteiger partial charge in [0.1, 0.15) is 0 Å². The van der Waals surface area contributed by atoms with E-state index in [1.54, 1.807) is 0 Å². The number of halogens is 1. The van der Waals surface area contributed by atoms with Crippen molar-refractivity contribution in [3.05, 3.63) is 32.7 Å². The number of hydrogen-bond acceptors (Lipinski definition) is 7. The molecular formula is C7H3BrN6O4. The van der Waals surface area contributed by atoms with Crippen LogP contribution in [0.5, 0.6) is 0 Å². The zero-order valence-electron chi connectivity index (χ0n) is 8.39. The first kappa shape index (κ1) is 12.0. The zero-order valence-corrected chi connectivity index (χ0v) is 9.97. The van der Waals surface area contributed by atoms with Crippen LogP contribution in [0, 0.1) is 10.1 Å². The standard InChI is InChI=1S/C7H3BrN6O4/c8-6-9-7(14(17)18)12-13(6)4-2-1-3(5(15)16)10-11-4/h1-2H,(H,15,16). The van der Waals surface area contributed by atoms with Crippen LogP contribution in [0.2, 0.25) is 0 Å². The van der Waals surface area contributed by atoms with Gasteiger partial charge in [-0.1, -0.05) is 0 Å². The highest BCUT2D eigenvalue weighted by atomic mass is 79.9. The quantitative estimate of drug-likeness (QED) is 0.635. The molecule has 18 heavy (non-hydrogen) atoms. The molecule has 0 saturated carbocycles. The van der Waals surface area contributed by atoms with Crippen molar-refractivity contribution in [2.75, 3.05) is 0 Å². The third-order valence-corrected chi connectivity index (χ3v) is 2.32. The van der Waals surface area contributed by atoms with Gasteiger partial charge in [-0.05, 0) is 22.0 Å². The van der Waals surface area contributed by atoms with Gasteiger partial charge in [0.2, 0.25) is 0 Å². The Morgan fingerprint density at radius 2 is 2.17 bits per heavy atom. The summed E-state index contributed by atoms with van der Waals surface area (Å²) < 4.78 is 1.09. The van der Waals surface area contributed by atoms with Crippen molar-refractivity contribution >= 4 is 27.8 Å². The summed E-state index contributed by atoms with van der Waals surface area (Å²) in [6.07, 6.45) is 0. The summed E-state index contributed by atoms with van der Waals surface area (Å²) in [7, 11) is 0. The fourth-order valence-corrected chi connectivity index (χ4v) is 1.48. The minimum atomic E-state index is -1.22. The molecule has 2 rings (SSSR count). The lowest BCUT2D eigenvalue weighted by Crippen LogP contribution is -2.06. The van der Waals surface area contributed by atoms with Crippen LogP contribution < -0.4 is 0 Å². The third kappa shape index (κ3) is 2.15. The molecular weight excluding hydrogens is 312 g/mol. The number of carbonyl (C=O) groups is 1. The fourth-order valence-electron chi connectivity index (χ4n) is 1.06. The molecule has 10 nitrogen and oxygen atoms in total. The summed E-state index contributed by atoms with van der Waals surface area (Å²) in [6.45, 7) is 0. The van der Waals surface area contributed by atoms with Crippen LogP contribution >= 0.6 is 15.9 Å². The second-order valence-corrected chi connectivity index (χ2v) is 3.64. The smallest absolute Gasteiger partial charge is 0.476 e. The summed E-state index contributed by atoms with van der Waals surface area (Å²) in [5, 5.41) is 29.7. The van der Waals surface area contributed by atoms with Gasteiger partial charge in [-0.25, -0.2) is 4.79 Å². The number of hydrogen-bond donors (Lipinski definition) is 1. The molecule has 0 aliphatic carbocycles. The van der Waals surface area contributed by atoms with Crippen molar-refractivity contribution in [3.63, 3.8) is 0 Å². The molecule has 0 fully saturated rings. The Morgan fingerprint density at radius 1 is 1.44 bits per heavy atom. The first-order chi connectivity index (χ1) is 8.49. The monoisotopic (exact) mass is 314 g/mol. The van der Waals surface area contributed by atoms with Gasteiger partial charge in [0.15, 0.2) is 11.5 Å². The SMILES string of the molecule is O=C(O)c1ccc(-n2nc([N+](=O)[O-])nc2Br)nn1. The van der Waals surface area contributed by atoms with E-state index in [-0.39, 0.29) is 16.2 Å². The van der Waals surface area contributed by atoms with E-state index in [1.807, 2.05) is 0 Å². The second-order valence-electron chi connectivity index (χ2n) is 2.93. The number of rotatable bonds is 3. The summed E-state index contributed by atoms with van der Waals surface area (Å²) in [6, 6.07) is 2.50. The van der Waals surface area contributed by atoms with Crippen LogP contribution in [-0.2, 0) is 0 Å². The number of aromatic nitrogens is 5. The average molecular weight is 315 g/mol. The maximum absolute atomic E-state index is 10.6. The molecule has 92 valence electrons. The summed E-state index contributed by atoms with van der Waals surface area (Å²) in [5.41, 5.74) is -0.246. The molecule has 2 aromatic heterocycles. The molecule has 0 radical (unpaired) electrons.